The highest BCUT2D eigenvalue weighted by atomic mass is 16.1. The van der Waals surface area contributed by atoms with E-state index in [-0.39, 0.29) is 5.91 Å². The van der Waals surface area contributed by atoms with E-state index in [9.17, 15) is 4.79 Å². The third-order valence-electron chi connectivity index (χ3n) is 2.04. The van der Waals surface area contributed by atoms with E-state index in [0.717, 1.165) is 16.5 Å². The summed E-state index contributed by atoms with van der Waals surface area (Å²) in [5.41, 5.74) is 0.851. The van der Waals surface area contributed by atoms with Crippen molar-refractivity contribution in [2.24, 2.45) is 0 Å². The summed E-state index contributed by atoms with van der Waals surface area (Å²) in [4.78, 5) is 10.9. The van der Waals surface area contributed by atoms with Crippen LogP contribution in [0.25, 0.3) is 10.8 Å². The number of anilines is 1. The molecular formula is C12H10NO. The van der Waals surface area contributed by atoms with Crippen molar-refractivity contribution in [3.63, 3.8) is 0 Å². The van der Waals surface area contributed by atoms with Crippen molar-refractivity contribution in [2.75, 3.05) is 5.32 Å². The lowest BCUT2D eigenvalue weighted by Crippen LogP contribution is -2.05. The van der Waals surface area contributed by atoms with E-state index in [0.29, 0.717) is 0 Å². The molecule has 0 heterocycles. The molecule has 0 aromatic heterocycles. The Hall–Kier alpha value is -1.83. The van der Waals surface area contributed by atoms with Gasteiger partial charge in [0, 0.05) is 18.0 Å². The van der Waals surface area contributed by atoms with Gasteiger partial charge in [-0.2, -0.15) is 0 Å². The predicted octanol–water partition coefficient (Wildman–Crippen LogP) is 2.60. The van der Waals surface area contributed by atoms with Gasteiger partial charge in [0.15, 0.2) is 0 Å². The maximum absolute atomic E-state index is 10.9. The molecule has 1 amide bonds. The van der Waals surface area contributed by atoms with Crippen LogP contribution in [0.5, 0.6) is 0 Å². The van der Waals surface area contributed by atoms with Gasteiger partial charge in [-0.25, -0.2) is 0 Å². The van der Waals surface area contributed by atoms with E-state index in [2.05, 4.69) is 11.4 Å². The first-order valence-electron chi connectivity index (χ1n) is 4.44. The highest BCUT2D eigenvalue weighted by Crippen LogP contribution is 2.22. The quantitative estimate of drug-likeness (QED) is 0.725. The Labute approximate surface area is 82.6 Å². The van der Waals surface area contributed by atoms with Gasteiger partial charge >= 0.3 is 0 Å². The predicted molar refractivity (Wildman–Crippen MR) is 57.1 cm³/mol. The molecule has 2 heteroatoms. The van der Waals surface area contributed by atoms with Gasteiger partial charge in [-0.1, -0.05) is 24.3 Å². The van der Waals surface area contributed by atoms with Crippen LogP contribution < -0.4 is 5.32 Å². The van der Waals surface area contributed by atoms with E-state index in [1.165, 1.54) is 6.92 Å². The van der Waals surface area contributed by atoms with Gasteiger partial charge in [0.05, 0.1) is 0 Å². The molecule has 2 aromatic rings. The average molecular weight is 184 g/mol. The zero-order valence-corrected chi connectivity index (χ0v) is 7.87. The van der Waals surface area contributed by atoms with Gasteiger partial charge in [-0.3, -0.25) is 4.79 Å². The lowest BCUT2D eigenvalue weighted by molar-refractivity contribution is -0.114. The first kappa shape index (κ1) is 8.75. The SMILES string of the molecule is CC(=O)Nc1cccc2c[c]ccc12. The summed E-state index contributed by atoms with van der Waals surface area (Å²) in [5, 5.41) is 4.92. The number of rotatable bonds is 1. The van der Waals surface area contributed by atoms with Crippen molar-refractivity contribution in [1.29, 1.82) is 0 Å². The molecule has 2 nitrogen and oxygen atoms in total. The number of fused-ring (bicyclic) bond motifs is 1. The molecule has 0 unspecified atom stereocenters. The summed E-state index contributed by atoms with van der Waals surface area (Å²) in [7, 11) is 0. The van der Waals surface area contributed by atoms with E-state index >= 15 is 0 Å². The lowest BCUT2D eigenvalue weighted by Gasteiger charge is -2.05. The van der Waals surface area contributed by atoms with Gasteiger partial charge in [-0.15, -0.1) is 0 Å². The van der Waals surface area contributed by atoms with Crippen LogP contribution in [-0.2, 0) is 4.79 Å². The molecule has 2 aromatic carbocycles. The fraction of sp³-hybridized carbons (Fsp3) is 0.0833. The molecule has 0 saturated carbocycles. The van der Waals surface area contributed by atoms with Crippen molar-refractivity contribution >= 4 is 22.4 Å². The first-order valence-corrected chi connectivity index (χ1v) is 4.44. The van der Waals surface area contributed by atoms with Crippen LogP contribution in [0, 0.1) is 6.07 Å². The van der Waals surface area contributed by atoms with Crippen LogP contribution in [0.4, 0.5) is 5.69 Å². The van der Waals surface area contributed by atoms with Gasteiger partial charge in [0.25, 0.3) is 0 Å². The second kappa shape index (κ2) is 3.50. The average Bonchev–Trinajstić information content (AvgIpc) is 2.18. The van der Waals surface area contributed by atoms with Crippen LogP contribution in [-0.4, -0.2) is 5.91 Å². The molecule has 0 atom stereocenters. The van der Waals surface area contributed by atoms with Crippen molar-refractivity contribution in [3.8, 4) is 0 Å². The minimum atomic E-state index is -0.0506. The first-order chi connectivity index (χ1) is 6.77. The molecule has 14 heavy (non-hydrogen) atoms. The Morgan fingerprint density at radius 2 is 2.21 bits per heavy atom. The van der Waals surface area contributed by atoms with Crippen LogP contribution in [0.1, 0.15) is 6.92 Å². The van der Waals surface area contributed by atoms with E-state index in [1.807, 2.05) is 36.4 Å². The molecule has 0 aliphatic carbocycles. The highest BCUT2D eigenvalue weighted by molar-refractivity contribution is 6.01. The number of carbonyl (C=O) groups excluding carboxylic acids is 1. The number of hydrogen-bond acceptors (Lipinski definition) is 1. The summed E-state index contributed by atoms with van der Waals surface area (Å²) < 4.78 is 0. The molecule has 0 spiro atoms. The van der Waals surface area contributed by atoms with E-state index in [4.69, 9.17) is 0 Å². The lowest BCUT2D eigenvalue weighted by atomic mass is 10.1. The molecule has 69 valence electrons. The fourth-order valence-electron chi connectivity index (χ4n) is 1.46. The third kappa shape index (κ3) is 1.59. The van der Waals surface area contributed by atoms with Crippen LogP contribution in [0.3, 0.4) is 0 Å². The Kier molecular flexibility index (Phi) is 2.19. The maximum atomic E-state index is 10.9. The highest BCUT2D eigenvalue weighted by Gasteiger charge is 2.00. The summed E-state index contributed by atoms with van der Waals surface area (Å²) in [6.45, 7) is 1.51. The smallest absolute Gasteiger partial charge is 0.221 e. The van der Waals surface area contributed by atoms with Crippen molar-refractivity contribution in [1.82, 2.24) is 0 Å². The summed E-state index contributed by atoms with van der Waals surface area (Å²) in [5.74, 6) is -0.0506. The molecular weight excluding hydrogens is 174 g/mol. The standard InChI is InChI=1S/C12H10NO/c1-9(14)13-12-8-4-6-10-5-2-3-7-11(10)12/h3-8H,1H3,(H,13,14). The van der Waals surface area contributed by atoms with Crippen LogP contribution >= 0.6 is 0 Å². The molecule has 0 bridgehead atoms. The Morgan fingerprint density at radius 3 is 3.00 bits per heavy atom. The summed E-state index contributed by atoms with van der Waals surface area (Å²) in [6.07, 6.45) is 0. The van der Waals surface area contributed by atoms with Gasteiger partial charge < -0.3 is 5.32 Å². The minimum Gasteiger partial charge on any atom is -0.326 e. The minimum absolute atomic E-state index is 0.0506. The number of carbonyl (C=O) groups is 1. The van der Waals surface area contributed by atoms with Crippen molar-refractivity contribution in [2.45, 2.75) is 6.92 Å². The summed E-state index contributed by atoms with van der Waals surface area (Å²) in [6, 6.07) is 14.5. The number of nitrogens with one attached hydrogen (secondary N) is 1. The molecule has 2 rings (SSSR count). The molecule has 0 aliphatic heterocycles. The molecule has 1 radical (unpaired) electrons. The number of amides is 1. The van der Waals surface area contributed by atoms with Gasteiger partial charge in [-0.05, 0) is 23.6 Å². The monoisotopic (exact) mass is 184 g/mol. The fourth-order valence-corrected chi connectivity index (χ4v) is 1.46. The second-order valence-electron chi connectivity index (χ2n) is 3.13. The largest absolute Gasteiger partial charge is 0.326 e. The van der Waals surface area contributed by atoms with Gasteiger partial charge in [0.2, 0.25) is 5.91 Å². The third-order valence-corrected chi connectivity index (χ3v) is 2.04. The number of hydrogen-bond donors (Lipinski definition) is 1. The van der Waals surface area contributed by atoms with E-state index in [1.54, 1.807) is 0 Å². The van der Waals surface area contributed by atoms with Crippen LogP contribution in [0.15, 0.2) is 36.4 Å². The topological polar surface area (TPSA) is 29.1 Å². The number of benzene rings is 2. The molecule has 0 saturated heterocycles. The molecule has 1 N–H and O–H groups in total. The summed E-state index contributed by atoms with van der Waals surface area (Å²) >= 11 is 0. The molecule has 0 aliphatic rings. The Bertz CT molecular complexity index is 471. The normalized spacial score (nSPS) is 10.1. The van der Waals surface area contributed by atoms with Gasteiger partial charge in [0.1, 0.15) is 0 Å². The van der Waals surface area contributed by atoms with E-state index < -0.39 is 0 Å². The van der Waals surface area contributed by atoms with Crippen molar-refractivity contribution < 1.29 is 4.79 Å². The zero-order valence-electron chi connectivity index (χ0n) is 7.87. The van der Waals surface area contributed by atoms with Crippen LogP contribution in [0.2, 0.25) is 0 Å². The second-order valence-corrected chi connectivity index (χ2v) is 3.13. The Morgan fingerprint density at radius 1 is 1.36 bits per heavy atom. The zero-order chi connectivity index (χ0) is 9.97. The Balaban J connectivity index is 2.59. The molecule has 0 fully saturated rings. The van der Waals surface area contributed by atoms with Crippen molar-refractivity contribution in [3.05, 3.63) is 42.5 Å². The maximum Gasteiger partial charge on any atom is 0.221 e.